The molecule has 1 aliphatic rings. The Kier molecular flexibility index (Phi) is 4.12. The highest BCUT2D eigenvalue weighted by atomic mass is 16.5. The normalized spacial score (nSPS) is 13.6. The van der Waals surface area contributed by atoms with Gasteiger partial charge < -0.3 is 14.9 Å². The number of phenols is 2. The number of hydrogen-bond acceptors (Lipinski definition) is 4. The van der Waals surface area contributed by atoms with Gasteiger partial charge in [-0.3, -0.25) is 4.79 Å². The molecular formula is C23H14O4. The van der Waals surface area contributed by atoms with Gasteiger partial charge in [-0.25, -0.2) is 0 Å². The first kappa shape index (κ1) is 16.5. The first-order valence-electron chi connectivity index (χ1n) is 8.28. The van der Waals surface area contributed by atoms with Crippen LogP contribution in [0.2, 0.25) is 0 Å². The summed E-state index contributed by atoms with van der Waals surface area (Å²) >= 11 is 0. The van der Waals surface area contributed by atoms with Crippen LogP contribution in [0.5, 0.6) is 17.2 Å². The zero-order chi connectivity index (χ0) is 18.8. The van der Waals surface area contributed by atoms with Crippen molar-refractivity contribution < 1.29 is 19.7 Å². The van der Waals surface area contributed by atoms with E-state index >= 15 is 0 Å². The van der Waals surface area contributed by atoms with Crippen molar-refractivity contribution in [3.8, 4) is 29.1 Å². The predicted octanol–water partition coefficient (Wildman–Crippen LogP) is 4.11. The minimum Gasteiger partial charge on any atom is -0.504 e. The number of allylic oxidation sites excluding steroid dienone is 1. The molecule has 0 aromatic heterocycles. The molecule has 27 heavy (non-hydrogen) atoms. The molecule has 0 fully saturated rings. The number of Topliss-reactive ketones (excluding diaryl/α,β-unsaturated/α-hetero) is 1. The Morgan fingerprint density at radius 2 is 1.48 bits per heavy atom. The molecule has 0 unspecified atom stereocenters. The van der Waals surface area contributed by atoms with E-state index in [4.69, 9.17) is 4.74 Å². The highest BCUT2D eigenvalue weighted by Crippen LogP contribution is 2.44. The number of hydrogen-bond donors (Lipinski definition) is 2. The maximum atomic E-state index is 12.4. The summed E-state index contributed by atoms with van der Waals surface area (Å²) in [7, 11) is 0. The average molecular weight is 354 g/mol. The standard InChI is InChI=1S/C23H14O4/c24-19-13-12-18-21(25)20(27-23(18)22(19)26)14-17-10-8-16(9-11-17)7-6-15-4-2-1-3-5-15/h1-5,8-14,24,26H/b20-14-. The lowest BCUT2D eigenvalue weighted by Gasteiger charge is -2.02. The van der Waals surface area contributed by atoms with E-state index in [0.717, 1.165) is 16.7 Å². The highest BCUT2D eigenvalue weighted by Gasteiger charge is 2.31. The first-order valence-corrected chi connectivity index (χ1v) is 8.28. The molecule has 4 rings (SSSR count). The van der Waals surface area contributed by atoms with Crippen LogP contribution < -0.4 is 4.74 Å². The second-order valence-corrected chi connectivity index (χ2v) is 5.99. The largest absolute Gasteiger partial charge is 0.504 e. The Labute approximate surface area is 156 Å². The van der Waals surface area contributed by atoms with E-state index in [-0.39, 0.29) is 28.6 Å². The predicted molar refractivity (Wildman–Crippen MR) is 102 cm³/mol. The molecule has 1 heterocycles. The zero-order valence-electron chi connectivity index (χ0n) is 14.1. The number of fused-ring (bicyclic) bond motifs is 1. The molecule has 4 heteroatoms. The molecule has 3 aromatic rings. The lowest BCUT2D eigenvalue weighted by molar-refractivity contribution is 0.101. The van der Waals surface area contributed by atoms with Crippen LogP contribution >= 0.6 is 0 Å². The van der Waals surface area contributed by atoms with E-state index < -0.39 is 5.75 Å². The van der Waals surface area contributed by atoms with E-state index in [1.807, 2.05) is 54.6 Å². The van der Waals surface area contributed by atoms with E-state index in [9.17, 15) is 15.0 Å². The molecule has 130 valence electrons. The smallest absolute Gasteiger partial charge is 0.232 e. The number of phenolic OH excluding ortho intramolecular Hbond substituents is 2. The summed E-state index contributed by atoms with van der Waals surface area (Å²) in [5.74, 6) is 5.15. The number of carbonyl (C=O) groups excluding carboxylic acids is 1. The number of benzene rings is 3. The second kappa shape index (κ2) is 6.74. The Balaban J connectivity index is 1.56. The number of ketones is 1. The minimum absolute atomic E-state index is 0.0170. The fraction of sp³-hybridized carbons (Fsp3) is 0. The Morgan fingerprint density at radius 3 is 2.19 bits per heavy atom. The van der Waals surface area contributed by atoms with Gasteiger partial charge in [0.15, 0.2) is 17.3 Å². The van der Waals surface area contributed by atoms with Crippen LogP contribution in [0.25, 0.3) is 6.08 Å². The molecular weight excluding hydrogens is 340 g/mol. The van der Waals surface area contributed by atoms with Crippen LogP contribution in [-0.2, 0) is 0 Å². The van der Waals surface area contributed by atoms with Gasteiger partial charge >= 0.3 is 0 Å². The second-order valence-electron chi connectivity index (χ2n) is 5.99. The van der Waals surface area contributed by atoms with Crippen LogP contribution in [0.1, 0.15) is 27.0 Å². The summed E-state index contributed by atoms with van der Waals surface area (Å²) in [5, 5.41) is 19.4. The maximum absolute atomic E-state index is 12.4. The maximum Gasteiger partial charge on any atom is 0.232 e. The molecule has 0 radical (unpaired) electrons. The number of ether oxygens (including phenoxy) is 1. The molecule has 0 bridgehead atoms. The highest BCUT2D eigenvalue weighted by molar-refractivity contribution is 6.15. The molecule has 4 nitrogen and oxygen atoms in total. The summed E-state index contributed by atoms with van der Waals surface area (Å²) in [4.78, 5) is 12.4. The Hall–Kier alpha value is -3.97. The van der Waals surface area contributed by atoms with Crippen molar-refractivity contribution in [2.45, 2.75) is 0 Å². The monoisotopic (exact) mass is 354 g/mol. The lowest BCUT2D eigenvalue weighted by atomic mass is 10.1. The van der Waals surface area contributed by atoms with Gasteiger partial charge in [0.05, 0.1) is 5.56 Å². The van der Waals surface area contributed by atoms with Crippen molar-refractivity contribution in [1.29, 1.82) is 0 Å². The van der Waals surface area contributed by atoms with E-state index in [1.165, 1.54) is 12.1 Å². The van der Waals surface area contributed by atoms with Gasteiger partial charge in [0, 0.05) is 11.1 Å². The first-order chi connectivity index (χ1) is 13.1. The van der Waals surface area contributed by atoms with E-state index in [1.54, 1.807) is 6.08 Å². The van der Waals surface area contributed by atoms with Gasteiger partial charge in [-0.2, -0.15) is 0 Å². The summed E-state index contributed by atoms with van der Waals surface area (Å²) in [6.45, 7) is 0. The molecule has 0 aliphatic carbocycles. The lowest BCUT2D eigenvalue weighted by Crippen LogP contribution is -1.97. The third kappa shape index (κ3) is 3.26. The van der Waals surface area contributed by atoms with Crippen molar-refractivity contribution in [2.24, 2.45) is 0 Å². The minimum atomic E-state index is -0.434. The molecule has 0 atom stereocenters. The van der Waals surface area contributed by atoms with Crippen LogP contribution in [0, 0.1) is 11.8 Å². The van der Waals surface area contributed by atoms with Gasteiger partial charge in [-0.15, -0.1) is 0 Å². The topological polar surface area (TPSA) is 66.8 Å². The van der Waals surface area contributed by atoms with Crippen molar-refractivity contribution >= 4 is 11.9 Å². The van der Waals surface area contributed by atoms with Crippen molar-refractivity contribution in [2.75, 3.05) is 0 Å². The molecule has 0 saturated carbocycles. The third-order valence-corrected chi connectivity index (χ3v) is 4.12. The van der Waals surface area contributed by atoms with Gasteiger partial charge in [-0.05, 0) is 48.0 Å². The number of rotatable bonds is 1. The quantitative estimate of drug-likeness (QED) is 0.392. The molecule has 2 N–H and O–H groups in total. The van der Waals surface area contributed by atoms with Crippen molar-refractivity contribution in [3.63, 3.8) is 0 Å². The van der Waals surface area contributed by atoms with E-state index in [2.05, 4.69) is 11.8 Å². The third-order valence-electron chi connectivity index (χ3n) is 4.12. The Bertz CT molecular complexity index is 1110. The molecule has 0 saturated heterocycles. The summed E-state index contributed by atoms with van der Waals surface area (Å²) < 4.78 is 5.44. The zero-order valence-corrected chi connectivity index (χ0v) is 14.1. The number of aromatic hydroxyl groups is 2. The molecule has 0 amide bonds. The van der Waals surface area contributed by atoms with Gasteiger partial charge in [-0.1, -0.05) is 42.2 Å². The summed E-state index contributed by atoms with van der Waals surface area (Å²) in [6, 6.07) is 19.8. The SMILES string of the molecule is O=C1/C(=C/c2ccc(C#Cc3ccccc3)cc2)Oc2c1ccc(O)c2O. The number of carbonyl (C=O) groups is 1. The van der Waals surface area contributed by atoms with Gasteiger partial charge in [0.1, 0.15) is 0 Å². The molecule has 0 spiro atoms. The van der Waals surface area contributed by atoms with Crippen LogP contribution in [0.3, 0.4) is 0 Å². The summed E-state index contributed by atoms with van der Waals surface area (Å²) in [6.07, 6.45) is 1.59. The van der Waals surface area contributed by atoms with E-state index in [0.29, 0.717) is 0 Å². The van der Waals surface area contributed by atoms with Crippen molar-refractivity contribution in [3.05, 3.63) is 94.7 Å². The summed E-state index contributed by atoms with van der Waals surface area (Å²) in [5.41, 5.74) is 2.78. The fourth-order valence-corrected chi connectivity index (χ4v) is 2.71. The van der Waals surface area contributed by atoms with Crippen LogP contribution in [0.4, 0.5) is 0 Å². The average Bonchev–Trinajstić information content (AvgIpc) is 3.01. The molecule has 3 aromatic carbocycles. The van der Waals surface area contributed by atoms with Crippen molar-refractivity contribution in [1.82, 2.24) is 0 Å². The Morgan fingerprint density at radius 1 is 0.815 bits per heavy atom. The fourth-order valence-electron chi connectivity index (χ4n) is 2.71. The van der Waals surface area contributed by atoms with Crippen LogP contribution in [0.15, 0.2) is 72.5 Å². The van der Waals surface area contributed by atoms with Crippen LogP contribution in [-0.4, -0.2) is 16.0 Å². The van der Waals surface area contributed by atoms with Gasteiger partial charge in [0.2, 0.25) is 11.5 Å². The van der Waals surface area contributed by atoms with Gasteiger partial charge in [0.25, 0.3) is 0 Å². The molecule has 1 aliphatic heterocycles.